The van der Waals surface area contributed by atoms with Crippen molar-refractivity contribution >= 4 is 28.0 Å². The van der Waals surface area contributed by atoms with E-state index in [9.17, 15) is 4.79 Å². The molecule has 1 aromatic carbocycles. The molecule has 1 aliphatic rings. The minimum Gasteiger partial charge on any atom is -0.341 e. The summed E-state index contributed by atoms with van der Waals surface area (Å²) in [6, 6.07) is 9.88. The van der Waals surface area contributed by atoms with E-state index in [1.54, 1.807) is 11.5 Å². The number of rotatable bonds is 4. The first-order chi connectivity index (χ1) is 15.1. The number of aromatic amines is 1. The summed E-state index contributed by atoms with van der Waals surface area (Å²) in [5, 5.41) is 0. The van der Waals surface area contributed by atoms with Crippen molar-refractivity contribution in [3.8, 4) is 11.8 Å². The molecule has 8 heteroatoms. The van der Waals surface area contributed by atoms with E-state index in [-0.39, 0.29) is 11.6 Å². The van der Waals surface area contributed by atoms with Crippen molar-refractivity contribution in [2.45, 2.75) is 38.9 Å². The molecule has 0 bridgehead atoms. The summed E-state index contributed by atoms with van der Waals surface area (Å²) in [7, 11) is 0. The monoisotopic (exact) mass is 415 g/mol. The fourth-order valence-electron chi connectivity index (χ4n) is 4.28. The molecule has 3 aromatic heterocycles. The number of nitrogens with one attached hydrogen (secondary N) is 1. The molecule has 1 saturated heterocycles. The fraction of sp³-hybridized carbons (Fsp3) is 0.348. The fourth-order valence-corrected chi connectivity index (χ4v) is 4.28. The average Bonchev–Trinajstić information content (AvgIpc) is 3.36. The van der Waals surface area contributed by atoms with Gasteiger partial charge in [0, 0.05) is 25.3 Å². The molecular weight excluding hydrogens is 390 g/mol. The maximum absolute atomic E-state index is 13.6. The van der Waals surface area contributed by atoms with Crippen LogP contribution in [0.4, 0.5) is 5.95 Å². The van der Waals surface area contributed by atoms with Crippen molar-refractivity contribution in [2.24, 2.45) is 5.73 Å². The van der Waals surface area contributed by atoms with Gasteiger partial charge in [-0.1, -0.05) is 18.1 Å². The number of H-pyrrole nitrogens is 1. The molecule has 3 N–H and O–H groups in total. The Morgan fingerprint density at radius 3 is 2.90 bits per heavy atom. The van der Waals surface area contributed by atoms with Gasteiger partial charge in [-0.3, -0.25) is 9.36 Å². The Morgan fingerprint density at radius 2 is 2.10 bits per heavy atom. The molecule has 0 spiro atoms. The van der Waals surface area contributed by atoms with Gasteiger partial charge in [0.15, 0.2) is 0 Å². The molecule has 0 amide bonds. The lowest BCUT2D eigenvalue weighted by Crippen LogP contribution is -2.45. The van der Waals surface area contributed by atoms with Crippen molar-refractivity contribution in [2.75, 3.05) is 18.0 Å². The second-order valence-corrected chi connectivity index (χ2v) is 7.96. The molecule has 0 aliphatic carbocycles. The van der Waals surface area contributed by atoms with E-state index in [2.05, 4.69) is 26.7 Å². The summed E-state index contributed by atoms with van der Waals surface area (Å²) in [6.07, 6.45) is 3.88. The third kappa shape index (κ3) is 3.57. The molecule has 0 radical (unpaired) electrons. The number of imidazole rings is 1. The zero-order valence-corrected chi connectivity index (χ0v) is 17.5. The highest BCUT2D eigenvalue weighted by Gasteiger charge is 2.23. The highest BCUT2D eigenvalue weighted by atomic mass is 16.1. The molecule has 4 aromatic rings. The van der Waals surface area contributed by atoms with E-state index in [1.807, 2.05) is 41.1 Å². The quantitative estimate of drug-likeness (QED) is 0.497. The molecule has 4 heterocycles. The molecule has 1 atom stereocenters. The Bertz CT molecular complexity index is 1330. The molecule has 8 nitrogen and oxygen atoms in total. The Labute approximate surface area is 179 Å². The molecule has 1 aliphatic heterocycles. The normalized spacial score (nSPS) is 16.6. The van der Waals surface area contributed by atoms with Crippen molar-refractivity contribution in [3.05, 3.63) is 52.7 Å². The highest BCUT2D eigenvalue weighted by molar-refractivity contribution is 5.77. The van der Waals surface area contributed by atoms with Crippen LogP contribution in [-0.4, -0.2) is 43.2 Å². The summed E-state index contributed by atoms with van der Waals surface area (Å²) < 4.78 is 3.58. The van der Waals surface area contributed by atoms with Crippen molar-refractivity contribution < 1.29 is 0 Å². The zero-order chi connectivity index (χ0) is 21.4. The summed E-state index contributed by atoms with van der Waals surface area (Å²) in [5.41, 5.74) is 9.21. The topological polar surface area (TPSA) is 97.8 Å². The van der Waals surface area contributed by atoms with Crippen LogP contribution < -0.4 is 16.2 Å². The standard InChI is InChI=1S/C23H25N7O/c1-2-3-12-30-22(31)21-19(27-23(30)29-11-6-7-16(24)14-29)10-13-28(21)15-20-25-17-8-4-5-9-18(17)26-20/h4-5,8-10,13,16H,6-7,11-12,14-15,24H2,1H3,(H,25,26)/t16-/m1/s1. The molecule has 0 unspecified atom stereocenters. The van der Waals surface area contributed by atoms with Crippen LogP contribution in [0.3, 0.4) is 0 Å². The van der Waals surface area contributed by atoms with E-state index in [0.29, 0.717) is 36.6 Å². The van der Waals surface area contributed by atoms with Gasteiger partial charge < -0.3 is 20.2 Å². The summed E-state index contributed by atoms with van der Waals surface area (Å²) in [6.45, 7) is 4.07. The number of nitrogens with two attached hydrogens (primary N) is 1. The number of anilines is 1. The van der Waals surface area contributed by atoms with Gasteiger partial charge in [0.05, 0.1) is 29.6 Å². The Balaban J connectivity index is 1.59. The predicted molar refractivity (Wildman–Crippen MR) is 122 cm³/mol. The van der Waals surface area contributed by atoms with Gasteiger partial charge >= 0.3 is 0 Å². The maximum Gasteiger partial charge on any atom is 0.280 e. The first kappa shape index (κ1) is 19.4. The number of benzene rings is 1. The van der Waals surface area contributed by atoms with Crippen molar-refractivity contribution in [1.82, 2.24) is 24.1 Å². The molecule has 1 fully saturated rings. The third-order valence-electron chi connectivity index (χ3n) is 5.76. The van der Waals surface area contributed by atoms with Crippen LogP contribution in [0.1, 0.15) is 25.6 Å². The average molecular weight is 416 g/mol. The van der Waals surface area contributed by atoms with Crippen LogP contribution in [0, 0.1) is 11.8 Å². The van der Waals surface area contributed by atoms with Crippen LogP contribution in [0.2, 0.25) is 0 Å². The SMILES string of the molecule is CC#CCn1c(N2CCC[C@@H](N)C2)nc2ccn(Cc3nc4ccccc4[nH]3)c2c1=O. The van der Waals surface area contributed by atoms with E-state index < -0.39 is 0 Å². The van der Waals surface area contributed by atoms with E-state index in [0.717, 1.165) is 36.2 Å². The van der Waals surface area contributed by atoms with Gasteiger partial charge in [-0.05, 0) is 38.0 Å². The number of hydrogen-bond acceptors (Lipinski definition) is 5. The van der Waals surface area contributed by atoms with Crippen LogP contribution in [0.5, 0.6) is 0 Å². The van der Waals surface area contributed by atoms with Crippen LogP contribution in [-0.2, 0) is 13.1 Å². The number of fused-ring (bicyclic) bond motifs is 2. The van der Waals surface area contributed by atoms with Gasteiger partial charge in [0.1, 0.15) is 11.3 Å². The maximum atomic E-state index is 13.6. The van der Waals surface area contributed by atoms with Crippen LogP contribution in [0.25, 0.3) is 22.1 Å². The second-order valence-electron chi connectivity index (χ2n) is 7.96. The van der Waals surface area contributed by atoms with E-state index >= 15 is 0 Å². The number of para-hydroxylation sites is 2. The summed E-state index contributed by atoms with van der Waals surface area (Å²) in [5.74, 6) is 7.36. The van der Waals surface area contributed by atoms with E-state index in [1.165, 1.54) is 0 Å². The van der Waals surface area contributed by atoms with Crippen LogP contribution in [0.15, 0.2) is 41.3 Å². The predicted octanol–water partition coefficient (Wildman–Crippen LogP) is 2.07. The molecule has 158 valence electrons. The number of nitrogens with zero attached hydrogens (tertiary/aromatic N) is 5. The third-order valence-corrected chi connectivity index (χ3v) is 5.76. The lowest BCUT2D eigenvalue weighted by atomic mass is 10.1. The number of aromatic nitrogens is 5. The number of hydrogen-bond donors (Lipinski definition) is 2. The van der Waals surface area contributed by atoms with E-state index in [4.69, 9.17) is 10.7 Å². The number of piperidine rings is 1. The van der Waals surface area contributed by atoms with Gasteiger partial charge in [0.25, 0.3) is 5.56 Å². The summed E-state index contributed by atoms with van der Waals surface area (Å²) >= 11 is 0. The summed E-state index contributed by atoms with van der Waals surface area (Å²) in [4.78, 5) is 28.5. The lowest BCUT2D eigenvalue weighted by Gasteiger charge is -2.32. The molecule has 0 saturated carbocycles. The van der Waals surface area contributed by atoms with Crippen LogP contribution >= 0.6 is 0 Å². The zero-order valence-electron chi connectivity index (χ0n) is 17.5. The van der Waals surface area contributed by atoms with Gasteiger partial charge in [0.2, 0.25) is 5.95 Å². The first-order valence-electron chi connectivity index (χ1n) is 10.6. The van der Waals surface area contributed by atoms with Crippen molar-refractivity contribution in [1.29, 1.82) is 0 Å². The Kier molecular flexibility index (Phi) is 4.96. The molecule has 31 heavy (non-hydrogen) atoms. The van der Waals surface area contributed by atoms with Crippen molar-refractivity contribution in [3.63, 3.8) is 0 Å². The largest absolute Gasteiger partial charge is 0.341 e. The Hall–Kier alpha value is -3.57. The molecule has 5 rings (SSSR count). The van der Waals surface area contributed by atoms with Gasteiger partial charge in [-0.15, -0.1) is 5.92 Å². The Morgan fingerprint density at radius 1 is 1.23 bits per heavy atom. The second kappa shape index (κ2) is 7.93. The minimum absolute atomic E-state index is 0.0877. The van der Waals surface area contributed by atoms with Gasteiger partial charge in [-0.2, -0.15) is 0 Å². The smallest absolute Gasteiger partial charge is 0.280 e. The van der Waals surface area contributed by atoms with Gasteiger partial charge in [-0.25, -0.2) is 9.97 Å². The lowest BCUT2D eigenvalue weighted by molar-refractivity contribution is 0.492. The highest BCUT2D eigenvalue weighted by Crippen LogP contribution is 2.21. The molecular formula is C23H25N7O. The first-order valence-corrected chi connectivity index (χ1v) is 10.6. The minimum atomic E-state index is -0.0944.